The van der Waals surface area contributed by atoms with Gasteiger partial charge in [-0.05, 0) is 48.6 Å². The van der Waals surface area contributed by atoms with Crippen LogP contribution in [0.3, 0.4) is 0 Å². The number of methoxy groups -OCH3 is 1. The molecule has 0 bridgehead atoms. The van der Waals surface area contributed by atoms with E-state index in [0.717, 1.165) is 62.8 Å². The second-order valence-electron chi connectivity index (χ2n) is 7.21. The third-order valence-electron chi connectivity index (χ3n) is 5.24. The summed E-state index contributed by atoms with van der Waals surface area (Å²) in [5.41, 5.74) is 0.941. The van der Waals surface area contributed by atoms with E-state index in [0.29, 0.717) is 10.8 Å². The molecule has 1 saturated heterocycles. The largest absolute Gasteiger partial charge is 0.480 e. The molecular weight excluding hydrogens is 367 g/mol. The first-order valence-corrected chi connectivity index (χ1v) is 9.90. The van der Waals surface area contributed by atoms with Gasteiger partial charge in [0.15, 0.2) is 0 Å². The molecule has 27 heavy (non-hydrogen) atoms. The summed E-state index contributed by atoms with van der Waals surface area (Å²) in [5.74, 6) is 0.201. The van der Waals surface area contributed by atoms with Crippen molar-refractivity contribution in [2.45, 2.75) is 18.4 Å². The Morgan fingerprint density at radius 3 is 2.56 bits per heavy atom. The molecule has 1 saturated carbocycles. The number of carbonyl (C=O) groups is 1. The third-order valence-corrected chi connectivity index (χ3v) is 6.02. The number of benzene rings is 1. The topological polar surface area (TPSA) is 57.7 Å². The number of nitrogens with one attached hydrogen (secondary N) is 1. The fourth-order valence-corrected chi connectivity index (χ4v) is 4.09. The first kappa shape index (κ1) is 18.2. The van der Waals surface area contributed by atoms with Crippen molar-refractivity contribution in [3.8, 4) is 5.88 Å². The normalized spacial score (nSPS) is 19.0. The van der Waals surface area contributed by atoms with E-state index < -0.39 is 0 Å². The van der Waals surface area contributed by atoms with Crippen molar-refractivity contribution in [3.05, 3.63) is 41.0 Å². The third kappa shape index (κ3) is 4.22. The minimum absolute atomic E-state index is 0.0711. The number of halogens is 1. The molecule has 1 aromatic carbocycles. The van der Waals surface area contributed by atoms with Crippen LogP contribution in [-0.4, -0.2) is 60.6 Å². The summed E-state index contributed by atoms with van der Waals surface area (Å²) in [5, 5.41) is 3.20. The summed E-state index contributed by atoms with van der Waals surface area (Å²) in [7, 11) is 1.55. The second-order valence-corrected chi connectivity index (χ2v) is 8.01. The molecule has 2 aliphatic rings. The summed E-state index contributed by atoms with van der Waals surface area (Å²) >= 11 is 1.16. The number of nitrogens with zero attached hydrogens (tertiary/aromatic N) is 3. The maximum absolute atomic E-state index is 13.1. The number of hydrogen-bond acceptors (Lipinski definition) is 6. The van der Waals surface area contributed by atoms with Crippen LogP contribution in [0.2, 0.25) is 0 Å². The molecule has 0 atom stereocenters. The quantitative estimate of drug-likeness (QED) is 0.821. The van der Waals surface area contributed by atoms with E-state index in [4.69, 9.17) is 4.74 Å². The molecule has 1 aromatic heterocycles. The number of piperazine rings is 1. The number of anilines is 1. The fourth-order valence-electron chi connectivity index (χ4n) is 3.48. The van der Waals surface area contributed by atoms with Gasteiger partial charge < -0.3 is 15.0 Å². The first-order valence-electron chi connectivity index (χ1n) is 9.13. The van der Waals surface area contributed by atoms with Crippen molar-refractivity contribution in [1.82, 2.24) is 14.6 Å². The van der Waals surface area contributed by atoms with Gasteiger partial charge in [-0.3, -0.25) is 9.69 Å². The van der Waals surface area contributed by atoms with Crippen molar-refractivity contribution in [2.24, 2.45) is 0 Å². The van der Waals surface area contributed by atoms with E-state index in [9.17, 15) is 9.18 Å². The molecule has 144 valence electrons. The summed E-state index contributed by atoms with van der Waals surface area (Å²) < 4.78 is 22.2. The molecule has 1 N–H and O–H groups in total. The molecule has 4 rings (SSSR count). The average molecular weight is 390 g/mol. The van der Waals surface area contributed by atoms with Crippen molar-refractivity contribution in [1.29, 1.82) is 0 Å². The maximum Gasteiger partial charge on any atom is 0.263 e. The summed E-state index contributed by atoms with van der Waals surface area (Å²) in [4.78, 5) is 17.7. The molecule has 0 radical (unpaired) electrons. The van der Waals surface area contributed by atoms with Gasteiger partial charge in [0.25, 0.3) is 5.91 Å². The highest BCUT2D eigenvalue weighted by Crippen LogP contribution is 2.37. The molecule has 0 spiro atoms. The van der Waals surface area contributed by atoms with E-state index in [1.54, 1.807) is 13.2 Å². The minimum Gasteiger partial charge on any atom is -0.480 e. The molecule has 1 aliphatic carbocycles. The van der Waals surface area contributed by atoms with Gasteiger partial charge in [0.05, 0.1) is 12.6 Å². The van der Waals surface area contributed by atoms with Gasteiger partial charge in [-0.2, -0.15) is 4.37 Å². The Hall–Kier alpha value is -2.19. The number of rotatable bonds is 6. The minimum atomic E-state index is -0.206. The Bertz CT molecular complexity index is 798. The van der Waals surface area contributed by atoms with Gasteiger partial charge >= 0.3 is 0 Å². The lowest BCUT2D eigenvalue weighted by atomic mass is 10.2. The van der Waals surface area contributed by atoms with Gasteiger partial charge in [-0.1, -0.05) is 0 Å². The van der Waals surface area contributed by atoms with Gasteiger partial charge in [0, 0.05) is 44.5 Å². The molecule has 1 amide bonds. The van der Waals surface area contributed by atoms with Crippen LogP contribution in [0.25, 0.3) is 0 Å². The average Bonchev–Trinajstić information content (AvgIpc) is 3.25. The predicted molar refractivity (Wildman–Crippen MR) is 103 cm³/mol. The van der Waals surface area contributed by atoms with E-state index in [-0.39, 0.29) is 17.3 Å². The van der Waals surface area contributed by atoms with Crippen molar-refractivity contribution in [3.63, 3.8) is 0 Å². The van der Waals surface area contributed by atoms with Crippen LogP contribution in [0.5, 0.6) is 5.88 Å². The van der Waals surface area contributed by atoms with Crippen LogP contribution in [0.4, 0.5) is 10.1 Å². The Balaban J connectivity index is 1.29. The number of carbonyl (C=O) groups excluding carboxylic acids is 1. The second kappa shape index (κ2) is 7.44. The highest BCUT2D eigenvalue weighted by atomic mass is 32.1. The molecular formula is C19H23FN4O2S. The lowest BCUT2D eigenvalue weighted by Gasteiger charge is -2.38. The molecule has 8 heteroatoms. The smallest absolute Gasteiger partial charge is 0.263 e. The van der Waals surface area contributed by atoms with E-state index in [1.807, 2.05) is 12.1 Å². The van der Waals surface area contributed by atoms with Crippen LogP contribution >= 0.6 is 11.5 Å². The lowest BCUT2D eigenvalue weighted by molar-refractivity contribution is 0.0919. The van der Waals surface area contributed by atoms with Gasteiger partial charge in [0.1, 0.15) is 10.7 Å². The number of ether oxygens (including phenoxy) is 1. The Kier molecular flexibility index (Phi) is 5.01. The number of aromatic nitrogens is 1. The van der Waals surface area contributed by atoms with Crippen molar-refractivity contribution in [2.75, 3.05) is 44.7 Å². The van der Waals surface area contributed by atoms with Gasteiger partial charge in [-0.15, -0.1) is 0 Å². The Morgan fingerprint density at radius 1 is 1.26 bits per heavy atom. The van der Waals surface area contributed by atoms with Crippen LogP contribution in [0, 0.1) is 5.82 Å². The van der Waals surface area contributed by atoms with Crippen molar-refractivity contribution < 1.29 is 13.9 Å². The summed E-state index contributed by atoms with van der Waals surface area (Å²) in [6, 6.07) is 8.35. The molecule has 2 fully saturated rings. The predicted octanol–water partition coefficient (Wildman–Crippen LogP) is 2.38. The highest BCUT2D eigenvalue weighted by Gasteiger charge is 2.45. The van der Waals surface area contributed by atoms with Gasteiger partial charge in [-0.25, -0.2) is 4.39 Å². The van der Waals surface area contributed by atoms with Crippen LogP contribution < -0.4 is 15.0 Å². The van der Waals surface area contributed by atoms with Crippen LogP contribution in [-0.2, 0) is 0 Å². The molecule has 2 heterocycles. The maximum atomic E-state index is 13.1. The van der Waals surface area contributed by atoms with Crippen LogP contribution in [0.15, 0.2) is 30.3 Å². The monoisotopic (exact) mass is 390 g/mol. The molecule has 2 aromatic rings. The zero-order valence-corrected chi connectivity index (χ0v) is 16.1. The molecule has 0 unspecified atom stereocenters. The zero-order valence-electron chi connectivity index (χ0n) is 15.3. The fraction of sp³-hybridized carbons (Fsp3) is 0.474. The Morgan fingerprint density at radius 2 is 1.96 bits per heavy atom. The SMILES string of the molecule is COc1cc(C(=O)NC2(CN3CCN(c4ccc(F)cc4)CC3)CC2)sn1. The first-order chi connectivity index (χ1) is 13.1. The zero-order chi connectivity index (χ0) is 18.9. The van der Waals surface area contributed by atoms with E-state index >= 15 is 0 Å². The molecule has 1 aliphatic heterocycles. The van der Waals surface area contributed by atoms with Gasteiger partial charge in [0.2, 0.25) is 5.88 Å². The standard InChI is InChI=1S/C19H23FN4O2S/c1-26-17-12-16(27-22-17)18(25)21-19(6-7-19)13-23-8-10-24(11-9-23)15-4-2-14(20)3-5-15/h2-5,12H,6-11,13H2,1H3,(H,21,25). The number of amides is 1. The van der Waals surface area contributed by atoms with Crippen molar-refractivity contribution >= 4 is 23.1 Å². The summed E-state index contributed by atoms with van der Waals surface area (Å²) in [6.07, 6.45) is 2.01. The Labute approximate surface area is 162 Å². The number of hydrogen-bond donors (Lipinski definition) is 1. The highest BCUT2D eigenvalue weighted by molar-refractivity contribution is 7.08. The van der Waals surface area contributed by atoms with E-state index in [2.05, 4.69) is 19.5 Å². The summed E-state index contributed by atoms with van der Waals surface area (Å²) in [6.45, 7) is 4.54. The van der Waals surface area contributed by atoms with E-state index in [1.165, 1.54) is 12.1 Å². The van der Waals surface area contributed by atoms with Crippen LogP contribution in [0.1, 0.15) is 22.5 Å². The lowest BCUT2D eigenvalue weighted by Crippen LogP contribution is -2.52. The molecule has 6 nitrogen and oxygen atoms in total.